The molecule has 2 heterocycles. The molecule has 2 aromatic carbocycles. The van der Waals surface area contributed by atoms with Crippen molar-refractivity contribution in [3.63, 3.8) is 0 Å². The van der Waals surface area contributed by atoms with Crippen LogP contribution in [0.4, 0.5) is 0 Å². The molecule has 1 unspecified atom stereocenters. The van der Waals surface area contributed by atoms with Gasteiger partial charge in [0.1, 0.15) is 17.4 Å². The summed E-state index contributed by atoms with van der Waals surface area (Å²) in [6.07, 6.45) is 2.48. The highest BCUT2D eigenvalue weighted by atomic mass is 16.5. The average Bonchev–Trinajstić information content (AvgIpc) is 3.12. The van der Waals surface area contributed by atoms with E-state index in [-0.39, 0.29) is 17.5 Å². The Hall–Kier alpha value is -2.88. The molecule has 0 saturated carbocycles. The van der Waals surface area contributed by atoms with E-state index in [1.807, 2.05) is 37.3 Å². The minimum atomic E-state index is -0.315. The first-order chi connectivity index (χ1) is 12.6. The summed E-state index contributed by atoms with van der Waals surface area (Å²) in [5.41, 5.74) is 4.41. The zero-order chi connectivity index (χ0) is 17.8. The monoisotopic (exact) mass is 346 g/mol. The molecular weight excluding hydrogens is 328 g/mol. The normalized spacial score (nSPS) is 18.5. The van der Waals surface area contributed by atoms with Gasteiger partial charge in [-0.25, -0.2) is 4.79 Å². The van der Waals surface area contributed by atoms with E-state index in [9.17, 15) is 9.59 Å². The number of hydrogen-bond donors (Lipinski definition) is 0. The lowest BCUT2D eigenvalue weighted by atomic mass is 9.90. The van der Waals surface area contributed by atoms with E-state index in [1.165, 1.54) is 0 Å². The second-order valence-electron chi connectivity index (χ2n) is 7.12. The van der Waals surface area contributed by atoms with Crippen LogP contribution < -0.4 is 10.4 Å². The van der Waals surface area contributed by atoms with Crippen molar-refractivity contribution in [1.82, 2.24) is 0 Å². The third-order valence-electron chi connectivity index (χ3n) is 5.49. The van der Waals surface area contributed by atoms with Gasteiger partial charge in [-0.3, -0.25) is 4.79 Å². The van der Waals surface area contributed by atoms with Crippen LogP contribution in [0.3, 0.4) is 0 Å². The minimum Gasteiger partial charge on any atom is -0.484 e. The molecule has 130 valence electrons. The number of fused-ring (bicyclic) bond motifs is 5. The van der Waals surface area contributed by atoms with E-state index in [4.69, 9.17) is 9.15 Å². The van der Waals surface area contributed by atoms with Gasteiger partial charge in [-0.1, -0.05) is 30.3 Å². The quantitative estimate of drug-likeness (QED) is 0.617. The van der Waals surface area contributed by atoms with Gasteiger partial charge < -0.3 is 9.15 Å². The molecule has 1 aliphatic carbocycles. The zero-order valence-corrected chi connectivity index (χ0v) is 14.5. The van der Waals surface area contributed by atoms with Crippen molar-refractivity contribution in [2.45, 2.75) is 38.7 Å². The maximum Gasteiger partial charge on any atom is 0.339 e. The molecule has 2 aliphatic rings. The van der Waals surface area contributed by atoms with Gasteiger partial charge in [-0.15, -0.1) is 0 Å². The van der Waals surface area contributed by atoms with Crippen LogP contribution in [-0.4, -0.2) is 5.78 Å². The fourth-order valence-electron chi connectivity index (χ4n) is 4.30. The number of rotatable bonds is 1. The van der Waals surface area contributed by atoms with E-state index in [0.29, 0.717) is 23.3 Å². The van der Waals surface area contributed by atoms with Gasteiger partial charge in [0.15, 0.2) is 5.78 Å². The molecule has 0 N–H and O–H groups in total. The summed E-state index contributed by atoms with van der Waals surface area (Å²) in [5, 5.41) is 0.812. The highest BCUT2D eigenvalue weighted by molar-refractivity contribution is 6.07. The van der Waals surface area contributed by atoms with Crippen LogP contribution >= 0.6 is 0 Å². The number of carbonyl (C=O) groups excluding carboxylic acids is 1. The number of Topliss-reactive ketones (excluding diaryl/α,β-unsaturated/α-hetero) is 1. The third kappa shape index (κ3) is 2.15. The molecule has 3 aromatic rings. The lowest BCUT2D eigenvalue weighted by Gasteiger charge is -2.28. The molecule has 5 rings (SSSR count). The first-order valence-electron chi connectivity index (χ1n) is 9.00. The topological polar surface area (TPSA) is 56.5 Å². The van der Waals surface area contributed by atoms with Crippen molar-refractivity contribution < 1.29 is 13.9 Å². The van der Waals surface area contributed by atoms with Gasteiger partial charge in [0.2, 0.25) is 0 Å². The zero-order valence-electron chi connectivity index (χ0n) is 14.5. The van der Waals surface area contributed by atoms with E-state index in [1.54, 1.807) is 6.07 Å². The van der Waals surface area contributed by atoms with Gasteiger partial charge >= 0.3 is 5.63 Å². The highest BCUT2D eigenvalue weighted by Crippen LogP contribution is 2.44. The Morgan fingerprint density at radius 1 is 1.04 bits per heavy atom. The molecule has 1 aliphatic heterocycles. The summed E-state index contributed by atoms with van der Waals surface area (Å²) in [7, 11) is 0. The number of benzene rings is 2. The standard InChI is InChI=1S/C22H18O4/c1-12-10-18-20(14-8-5-9-15(14)22(24)26-18)21-19(12)16(23)11-17(25-21)13-6-3-2-4-7-13/h2-4,6-7,10,17H,5,8-9,11H2,1H3. The smallest absolute Gasteiger partial charge is 0.339 e. The van der Waals surface area contributed by atoms with Crippen LogP contribution in [0.15, 0.2) is 45.6 Å². The maximum absolute atomic E-state index is 12.9. The fraction of sp³-hybridized carbons (Fsp3) is 0.273. The number of hydrogen-bond acceptors (Lipinski definition) is 4. The van der Waals surface area contributed by atoms with E-state index < -0.39 is 0 Å². The van der Waals surface area contributed by atoms with Gasteiger partial charge in [0.25, 0.3) is 0 Å². The van der Waals surface area contributed by atoms with Crippen molar-refractivity contribution in [2.75, 3.05) is 0 Å². The number of aryl methyl sites for hydroxylation is 2. The average molecular weight is 346 g/mol. The maximum atomic E-state index is 12.9. The molecule has 0 radical (unpaired) electrons. The van der Waals surface area contributed by atoms with Crippen molar-refractivity contribution in [3.05, 3.63) is 74.6 Å². The summed E-state index contributed by atoms with van der Waals surface area (Å²) in [6, 6.07) is 11.6. The number of carbonyl (C=O) groups is 1. The first-order valence-corrected chi connectivity index (χ1v) is 9.00. The van der Waals surface area contributed by atoms with E-state index in [0.717, 1.165) is 46.9 Å². The van der Waals surface area contributed by atoms with E-state index in [2.05, 4.69) is 0 Å². The molecule has 0 bridgehead atoms. The Bertz CT molecular complexity index is 1110. The van der Waals surface area contributed by atoms with Crippen LogP contribution in [0.25, 0.3) is 11.0 Å². The number of ether oxygens (including phenoxy) is 1. The summed E-state index contributed by atoms with van der Waals surface area (Å²) < 4.78 is 11.9. The van der Waals surface area contributed by atoms with Crippen LogP contribution in [0.1, 0.15) is 51.6 Å². The van der Waals surface area contributed by atoms with Gasteiger partial charge in [-0.2, -0.15) is 0 Å². The fourth-order valence-corrected chi connectivity index (χ4v) is 4.30. The lowest BCUT2D eigenvalue weighted by molar-refractivity contribution is 0.0852. The Morgan fingerprint density at radius 3 is 2.62 bits per heavy atom. The second-order valence-corrected chi connectivity index (χ2v) is 7.12. The summed E-state index contributed by atoms with van der Waals surface area (Å²) in [4.78, 5) is 25.2. The third-order valence-corrected chi connectivity index (χ3v) is 5.49. The van der Waals surface area contributed by atoms with Crippen molar-refractivity contribution in [1.29, 1.82) is 0 Å². The Morgan fingerprint density at radius 2 is 1.81 bits per heavy atom. The second kappa shape index (κ2) is 5.56. The SMILES string of the molecule is Cc1cc2oc(=O)c3c(c2c2c1C(=O)CC(c1ccccc1)O2)CCC3. The van der Waals surface area contributed by atoms with Crippen molar-refractivity contribution in [3.8, 4) is 5.75 Å². The molecule has 4 nitrogen and oxygen atoms in total. The van der Waals surface area contributed by atoms with Crippen LogP contribution in [0, 0.1) is 6.92 Å². The number of ketones is 1. The molecule has 1 atom stereocenters. The predicted octanol–water partition coefficient (Wildman–Crippen LogP) is 4.30. The summed E-state index contributed by atoms with van der Waals surface area (Å²) >= 11 is 0. The first kappa shape index (κ1) is 15.4. The van der Waals surface area contributed by atoms with Crippen LogP contribution in [-0.2, 0) is 12.8 Å². The molecule has 0 fully saturated rings. The Balaban J connectivity index is 1.79. The molecule has 0 saturated heterocycles. The van der Waals surface area contributed by atoms with E-state index >= 15 is 0 Å². The molecule has 0 spiro atoms. The van der Waals surface area contributed by atoms with Gasteiger partial charge in [0.05, 0.1) is 17.4 Å². The Kier molecular flexibility index (Phi) is 3.29. The molecule has 0 amide bonds. The molecule has 4 heteroatoms. The highest BCUT2D eigenvalue weighted by Gasteiger charge is 2.33. The van der Waals surface area contributed by atoms with Crippen molar-refractivity contribution in [2.24, 2.45) is 0 Å². The van der Waals surface area contributed by atoms with Gasteiger partial charge in [-0.05, 0) is 48.9 Å². The molecule has 1 aromatic heterocycles. The predicted molar refractivity (Wildman–Crippen MR) is 98.0 cm³/mol. The Labute approximate surface area is 150 Å². The molecule has 26 heavy (non-hydrogen) atoms. The van der Waals surface area contributed by atoms with Crippen LogP contribution in [0.5, 0.6) is 5.75 Å². The van der Waals surface area contributed by atoms with Crippen LogP contribution in [0.2, 0.25) is 0 Å². The largest absolute Gasteiger partial charge is 0.484 e. The summed E-state index contributed by atoms with van der Waals surface area (Å²) in [6.45, 7) is 1.87. The van der Waals surface area contributed by atoms with Crippen molar-refractivity contribution >= 4 is 16.8 Å². The van der Waals surface area contributed by atoms with Gasteiger partial charge in [0, 0.05) is 5.56 Å². The molecular formula is C22H18O4. The summed E-state index contributed by atoms with van der Waals surface area (Å²) in [5.74, 6) is 0.671. The minimum absolute atomic E-state index is 0.0810. The lowest BCUT2D eigenvalue weighted by Crippen LogP contribution is -2.22.